The number of hydrogen-bond donors (Lipinski definition) is 0. The lowest BCUT2D eigenvalue weighted by atomic mass is 10.0. The lowest BCUT2D eigenvalue weighted by molar-refractivity contribution is 0.0668. The zero-order chi connectivity index (χ0) is 20.3. The predicted octanol–water partition coefficient (Wildman–Crippen LogP) is 4.02. The maximum absolute atomic E-state index is 13.5. The Morgan fingerprint density at radius 2 is 2.11 bits per heavy atom. The Hall–Kier alpha value is -2.67. The highest BCUT2D eigenvalue weighted by molar-refractivity contribution is 6.05. The zero-order valence-corrected chi connectivity index (χ0v) is 17.2. The molecule has 150 valence electrons. The first kappa shape index (κ1) is 20.1. The van der Waals surface area contributed by atoms with Gasteiger partial charge < -0.3 is 14.1 Å². The minimum absolute atomic E-state index is 0.0777. The molecule has 0 spiro atoms. The standard InChI is InChI=1S/C21H28N4O3/c1-14(2)19-11-17(18-12-22-25(15(3)4)20(18)23-19)21(26)24(8-10-27-5)13-16-7-6-9-28-16/h6-7,9,11-12,14-15H,8,10,13H2,1-5H3. The number of ether oxygens (including phenoxy) is 1. The Labute approximate surface area is 165 Å². The molecule has 3 aromatic rings. The summed E-state index contributed by atoms with van der Waals surface area (Å²) in [7, 11) is 1.63. The Bertz CT molecular complexity index is 929. The normalized spacial score (nSPS) is 11.7. The number of fused-ring (bicyclic) bond motifs is 1. The van der Waals surface area contributed by atoms with Gasteiger partial charge in [-0.1, -0.05) is 13.8 Å². The Balaban J connectivity index is 2.06. The topological polar surface area (TPSA) is 73.4 Å². The first-order chi connectivity index (χ1) is 13.4. The minimum atomic E-state index is -0.0777. The molecule has 0 saturated carbocycles. The van der Waals surface area contributed by atoms with Crippen LogP contribution in [-0.2, 0) is 11.3 Å². The van der Waals surface area contributed by atoms with Crippen LogP contribution in [0.2, 0.25) is 0 Å². The van der Waals surface area contributed by atoms with Crippen molar-refractivity contribution in [3.05, 3.63) is 47.7 Å². The van der Waals surface area contributed by atoms with E-state index in [0.29, 0.717) is 25.3 Å². The van der Waals surface area contributed by atoms with Crippen LogP contribution in [0.3, 0.4) is 0 Å². The molecule has 7 heteroatoms. The summed E-state index contributed by atoms with van der Waals surface area (Å²) in [6.07, 6.45) is 3.35. The van der Waals surface area contributed by atoms with Gasteiger partial charge in [0.25, 0.3) is 5.91 Å². The summed E-state index contributed by atoms with van der Waals surface area (Å²) < 4.78 is 12.5. The third kappa shape index (κ3) is 4.09. The Morgan fingerprint density at radius 1 is 1.32 bits per heavy atom. The van der Waals surface area contributed by atoms with E-state index in [9.17, 15) is 4.79 Å². The van der Waals surface area contributed by atoms with Gasteiger partial charge in [-0.05, 0) is 38.0 Å². The quantitative estimate of drug-likeness (QED) is 0.586. The van der Waals surface area contributed by atoms with Crippen LogP contribution in [0.15, 0.2) is 35.1 Å². The van der Waals surface area contributed by atoms with Gasteiger partial charge in [0.1, 0.15) is 5.76 Å². The van der Waals surface area contributed by atoms with E-state index in [2.05, 4.69) is 32.8 Å². The molecule has 0 N–H and O–H groups in total. The zero-order valence-electron chi connectivity index (χ0n) is 17.2. The van der Waals surface area contributed by atoms with E-state index in [-0.39, 0.29) is 17.9 Å². The van der Waals surface area contributed by atoms with Crippen LogP contribution in [0.1, 0.15) is 61.5 Å². The average molecular weight is 384 g/mol. The maximum atomic E-state index is 13.5. The number of amides is 1. The fraction of sp³-hybridized carbons (Fsp3) is 0.476. The van der Waals surface area contributed by atoms with Gasteiger partial charge in [0.05, 0.1) is 36.6 Å². The van der Waals surface area contributed by atoms with Crippen LogP contribution in [-0.4, -0.2) is 45.8 Å². The number of furan rings is 1. The number of aromatic nitrogens is 3. The van der Waals surface area contributed by atoms with Gasteiger partial charge in [-0.2, -0.15) is 5.10 Å². The van der Waals surface area contributed by atoms with E-state index < -0.39 is 0 Å². The summed E-state index contributed by atoms with van der Waals surface area (Å²) in [5.74, 6) is 0.853. The molecule has 3 rings (SSSR count). The predicted molar refractivity (Wildman–Crippen MR) is 107 cm³/mol. The molecule has 0 fully saturated rings. The second kappa shape index (κ2) is 8.56. The molecular weight excluding hydrogens is 356 g/mol. The summed E-state index contributed by atoms with van der Waals surface area (Å²) >= 11 is 0. The maximum Gasteiger partial charge on any atom is 0.255 e. The second-order valence-electron chi connectivity index (χ2n) is 7.47. The van der Waals surface area contributed by atoms with Gasteiger partial charge in [0.2, 0.25) is 0 Å². The van der Waals surface area contributed by atoms with Crippen molar-refractivity contribution in [2.24, 2.45) is 0 Å². The van der Waals surface area contributed by atoms with Crippen LogP contribution in [0.4, 0.5) is 0 Å². The summed E-state index contributed by atoms with van der Waals surface area (Å²) in [4.78, 5) is 20.0. The third-order valence-corrected chi connectivity index (χ3v) is 4.68. The first-order valence-corrected chi connectivity index (χ1v) is 9.61. The molecule has 3 heterocycles. The number of rotatable bonds is 8. The number of carbonyl (C=O) groups is 1. The Morgan fingerprint density at radius 3 is 2.71 bits per heavy atom. The highest BCUT2D eigenvalue weighted by Crippen LogP contribution is 2.26. The first-order valence-electron chi connectivity index (χ1n) is 9.61. The van der Waals surface area contributed by atoms with Crippen LogP contribution < -0.4 is 0 Å². The molecule has 3 aromatic heterocycles. The van der Waals surface area contributed by atoms with Crippen molar-refractivity contribution < 1.29 is 13.9 Å². The van der Waals surface area contributed by atoms with Gasteiger partial charge in [0, 0.05) is 25.4 Å². The van der Waals surface area contributed by atoms with Crippen LogP contribution >= 0.6 is 0 Å². The van der Waals surface area contributed by atoms with E-state index in [1.807, 2.05) is 22.9 Å². The number of pyridine rings is 1. The van der Waals surface area contributed by atoms with E-state index >= 15 is 0 Å². The smallest absolute Gasteiger partial charge is 0.255 e. The van der Waals surface area contributed by atoms with Crippen molar-refractivity contribution in [3.63, 3.8) is 0 Å². The number of hydrogen-bond acceptors (Lipinski definition) is 5. The van der Waals surface area contributed by atoms with Gasteiger partial charge in [-0.15, -0.1) is 0 Å². The lowest BCUT2D eigenvalue weighted by Crippen LogP contribution is -2.33. The molecule has 0 aliphatic rings. The van der Waals surface area contributed by atoms with E-state index in [4.69, 9.17) is 14.1 Å². The number of nitrogens with zero attached hydrogens (tertiary/aromatic N) is 4. The average Bonchev–Trinajstić information content (AvgIpc) is 3.32. The molecule has 0 atom stereocenters. The molecule has 0 bridgehead atoms. The van der Waals surface area contributed by atoms with Crippen molar-refractivity contribution >= 4 is 16.9 Å². The van der Waals surface area contributed by atoms with Crippen LogP contribution in [0.5, 0.6) is 0 Å². The molecule has 7 nitrogen and oxygen atoms in total. The van der Waals surface area contributed by atoms with Crippen molar-refractivity contribution in [1.29, 1.82) is 0 Å². The summed E-state index contributed by atoms with van der Waals surface area (Å²) in [6, 6.07) is 5.74. The fourth-order valence-electron chi connectivity index (χ4n) is 3.10. The highest BCUT2D eigenvalue weighted by atomic mass is 16.5. The molecular formula is C21H28N4O3. The molecule has 0 aliphatic heterocycles. The van der Waals surface area contributed by atoms with Crippen molar-refractivity contribution in [3.8, 4) is 0 Å². The number of methoxy groups -OCH3 is 1. The van der Waals surface area contributed by atoms with Crippen molar-refractivity contribution in [2.45, 2.75) is 46.2 Å². The minimum Gasteiger partial charge on any atom is -0.467 e. The van der Waals surface area contributed by atoms with Crippen LogP contribution in [0.25, 0.3) is 11.0 Å². The lowest BCUT2D eigenvalue weighted by Gasteiger charge is -2.22. The summed E-state index contributed by atoms with van der Waals surface area (Å²) in [6.45, 7) is 9.56. The molecule has 0 aliphatic carbocycles. The summed E-state index contributed by atoms with van der Waals surface area (Å²) in [5.41, 5.74) is 2.24. The second-order valence-corrected chi connectivity index (χ2v) is 7.47. The molecule has 0 unspecified atom stereocenters. The van der Waals surface area contributed by atoms with Gasteiger partial charge in [-0.25, -0.2) is 9.67 Å². The molecule has 0 radical (unpaired) electrons. The molecule has 1 amide bonds. The molecule has 0 saturated heterocycles. The summed E-state index contributed by atoms with van der Waals surface area (Å²) in [5, 5.41) is 5.24. The van der Waals surface area contributed by atoms with Crippen molar-refractivity contribution in [2.75, 3.05) is 20.3 Å². The van der Waals surface area contributed by atoms with Gasteiger partial charge >= 0.3 is 0 Å². The Kier molecular flexibility index (Phi) is 6.14. The van der Waals surface area contributed by atoms with Crippen molar-refractivity contribution in [1.82, 2.24) is 19.7 Å². The number of carbonyl (C=O) groups excluding carboxylic acids is 1. The monoisotopic (exact) mass is 384 g/mol. The highest BCUT2D eigenvalue weighted by Gasteiger charge is 2.23. The van der Waals surface area contributed by atoms with E-state index in [1.54, 1.807) is 24.5 Å². The van der Waals surface area contributed by atoms with Gasteiger partial charge in [-0.3, -0.25) is 4.79 Å². The van der Waals surface area contributed by atoms with Gasteiger partial charge in [0.15, 0.2) is 5.65 Å². The van der Waals surface area contributed by atoms with E-state index in [1.165, 1.54) is 0 Å². The van der Waals surface area contributed by atoms with Crippen LogP contribution in [0, 0.1) is 0 Å². The fourth-order valence-corrected chi connectivity index (χ4v) is 3.10. The molecule has 0 aromatic carbocycles. The largest absolute Gasteiger partial charge is 0.467 e. The molecule has 28 heavy (non-hydrogen) atoms. The van der Waals surface area contributed by atoms with E-state index in [0.717, 1.165) is 22.5 Å². The third-order valence-electron chi connectivity index (χ3n) is 4.68. The SMILES string of the molecule is COCCN(Cc1ccco1)C(=O)c1cc(C(C)C)nc2c1cnn2C(C)C.